The zero-order valence-electron chi connectivity index (χ0n) is 23.0. The molecular weight excluding hydrogens is 536 g/mol. The molecule has 0 aliphatic rings. The van der Waals surface area contributed by atoms with Crippen LogP contribution in [-0.4, -0.2) is 35.4 Å². The molecule has 0 spiro atoms. The number of nitrogens with zero attached hydrogens (tertiary/aromatic N) is 4. The van der Waals surface area contributed by atoms with Crippen LogP contribution in [-0.2, 0) is 6.61 Å². The van der Waals surface area contributed by atoms with Crippen LogP contribution in [0.4, 0.5) is 5.95 Å². The number of aromatic nitrogens is 3. The Labute approximate surface area is 241 Å². The quantitative estimate of drug-likeness (QED) is 0.171. The lowest BCUT2D eigenvalue weighted by atomic mass is 10.1. The van der Waals surface area contributed by atoms with E-state index in [2.05, 4.69) is 25.5 Å². The minimum atomic E-state index is -0.568. The molecule has 0 fully saturated rings. The number of aromatic amines is 1. The molecule has 2 heterocycles. The number of rotatable bonds is 10. The summed E-state index contributed by atoms with van der Waals surface area (Å²) in [6.45, 7) is 1.96. The first-order valence-corrected chi connectivity index (χ1v) is 12.8. The van der Waals surface area contributed by atoms with E-state index in [1.165, 1.54) is 6.21 Å². The zero-order valence-corrected chi connectivity index (χ0v) is 23.0. The van der Waals surface area contributed by atoms with E-state index in [0.29, 0.717) is 51.3 Å². The fourth-order valence-corrected chi connectivity index (χ4v) is 4.12. The molecule has 0 radical (unpaired) electrons. The lowest BCUT2D eigenvalue weighted by molar-refractivity contribution is 0.299. The molecular formula is C31H26N6O5. The van der Waals surface area contributed by atoms with Crippen molar-refractivity contribution in [1.82, 2.24) is 15.0 Å². The highest BCUT2D eigenvalue weighted by molar-refractivity contribution is 5.84. The largest absolute Gasteiger partial charge is 0.497 e. The summed E-state index contributed by atoms with van der Waals surface area (Å²) in [5, 5.41) is 13.7. The summed E-state index contributed by atoms with van der Waals surface area (Å²) < 4.78 is 22.8. The lowest BCUT2D eigenvalue weighted by Crippen LogP contribution is -2.16. The van der Waals surface area contributed by atoms with Gasteiger partial charge in [0.25, 0.3) is 5.56 Å². The van der Waals surface area contributed by atoms with Gasteiger partial charge in [-0.05, 0) is 37.3 Å². The normalized spacial score (nSPS) is 10.8. The van der Waals surface area contributed by atoms with Crippen LogP contribution in [0.15, 0.2) is 87.1 Å². The lowest BCUT2D eigenvalue weighted by Gasteiger charge is -2.08. The van der Waals surface area contributed by atoms with Gasteiger partial charge in [0.15, 0.2) is 0 Å². The van der Waals surface area contributed by atoms with Crippen LogP contribution in [0.5, 0.6) is 17.2 Å². The molecule has 0 saturated carbocycles. The molecule has 0 bridgehead atoms. The summed E-state index contributed by atoms with van der Waals surface area (Å²) in [5.74, 6) is 2.89. The van der Waals surface area contributed by atoms with Gasteiger partial charge in [-0.3, -0.25) is 9.78 Å². The minimum Gasteiger partial charge on any atom is -0.497 e. The number of aryl methyl sites for hydroxylation is 1. The van der Waals surface area contributed by atoms with Crippen LogP contribution in [0.25, 0.3) is 22.7 Å². The van der Waals surface area contributed by atoms with Crippen LogP contribution in [0.3, 0.4) is 0 Å². The molecule has 210 valence electrons. The van der Waals surface area contributed by atoms with Gasteiger partial charge in [-0.2, -0.15) is 10.4 Å². The highest BCUT2D eigenvalue weighted by Crippen LogP contribution is 2.34. The van der Waals surface area contributed by atoms with E-state index in [0.717, 1.165) is 0 Å². The Balaban J connectivity index is 1.33. The number of hydrazone groups is 1. The molecule has 42 heavy (non-hydrogen) atoms. The molecule has 2 N–H and O–H groups in total. The van der Waals surface area contributed by atoms with Crippen molar-refractivity contribution in [3.05, 3.63) is 106 Å². The second kappa shape index (κ2) is 12.5. The van der Waals surface area contributed by atoms with Crippen molar-refractivity contribution in [3.8, 4) is 46.0 Å². The van der Waals surface area contributed by atoms with Crippen LogP contribution in [0.2, 0.25) is 0 Å². The Morgan fingerprint density at radius 2 is 1.81 bits per heavy atom. The number of hydrogen-bond donors (Lipinski definition) is 2. The van der Waals surface area contributed by atoms with Gasteiger partial charge in [-0.15, -0.1) is 0 Å². The molecule has 5 rings (SSSR count). The van der Waals surface area contributed by atoms with Crippen molar-refractivity contribution >= 4 is 12.2 Å². The van der Waals surface area contributed by atoms with Crippen LogP contribution < -0.4 is 25.2 Å². The summed E-state index contributed by atoms with van der Waals surface area (Å²) in [6, 6.07) is 23.6. The van der Waals surface area contributed by atoms with Gasteiger partial charge in [0.2, 0.25) is 11.8 Å². The Bertz CT molecular complexity index is 1840. The average Bonchev–Trinajstić information content (AvgIpc) is 3.40. The zero-order chi connectivity index (χ0) is 29.5. The fraction of sp³-hybridized carbons (Fsp3) is 0.129. The molecule has 3 aromatic carbocycles. The van der Waals surface area contributed by atoms with Crippen molar-refractivity contribution in [2.24, 2.45) is 5.10 Å². The Morgan fingerprint density at radius 3 is 2.57 bits per heavy atom. The van der Waals surface area contributed by atoms with Gasteiger partial charge in [0.05, 0.1) is 31.7 Å². The third-order valence-corrected chi connectivity index (χ3v) is 6.27. The third-order valence-electron chi connectivity index (χ3n) is 6.27. The van der Waals surface area contributed by atoms with E-state index in [4.69, 9.17) is 18.6 Å². The molecule has 11 heteroatoms. The van der Waals surface area contributed by atoms with Gasteiger partial charge in [0.1, 0.15) is 46.9 Å². The van der Waals surface area contributed by atoms with E-state index in [-0.39, 0.29) is 23.8 Å². The maximum absolute atomic E-state index is 12.5. The molecule has 0 aliphatic carbocycles. The molecule has 11 nitrogen and oxygen atoms in total. The topological polar surface area (TPSA) is 148 Å². The Kier molecular flexibility index (Phi) is 8.25. The minimum absolute atomic E-state index is 0.0781. The molecule has 0 aliphatic heterocycles. The number of para-hydroxylation sites is 1. The number of hydrogen-bond acceptors (Lipinski definition) is 10. The summed E-state index contributed by atoms with van der Waals surface area (Å²) in [5.41, 5.74) is 4.94. The molecule has 5 aromatic rings. The molecule has 0 saturated heterocycles. The Hall–Kier alpha value is -5.89. The first kappa shape index (κ1) is 27.7. The summed E-state index contributed by atoms with van der Waals surface area (Å²) >= 11 is 0. The Morgan fingerprint density at radius 1 is 1.02 bits per heavy atom. The van der Waals surface area contributed by atoms with Crippen molar-refractivity contribution in [2.45, 2.75) is 13.5 Å². The predicted octanol–water partition coefficient (Wildman–Crippen LogP) is 5.31. The number of methoxy groups -OCH3 is 2. The highest BCUT2D eigenvalue weighted by Gasteiger charge is 2.17. The van der Waals surface area contributed by atoms with Crippen LogP contribution in [0.1, 0.15) is 22.6 Å². The predicted molar refractivity (Wildman–Crippen MR) is 157 cm³/mol. The van der Waals surface area contributed by atoms with Gasteiger partial charge < -0.3 is 18.6 Å². The average molecular weight is 563 g/mol. The summed E-state index contributed by atoms with van der Waals surface area (Å²) in [6.07, 6.45) is 1.54. The number of anilines is 1. The van der Waals surface area contributed by atoms with E-state index < -0.39 is 5.56 Å². The monoisotopic (exact) mass is 562 g/mol. The van der Waals surface area contributed by atoms with Crippen LogP contribution >= 0.6 is 0 Å². The standard InChI is InChI=1S/C31H26N6O5/c1-19-25(34-30(42-19)23-15-22(39-2)13-14-27(23)40-3)18-41-26-12-8-7-11-21(26)17-33-37-31-35-28(20-9-5-4-6-10-20)24(16-32)29(38)36-31/h4-15,17H,18H2,1-3H3,(H2,35,36,37,38). The van der Waals surface area contributed by atoms with Gasteiger partial charge in [-0.25, -0.2) is 15.4 Å². The maximum atomic E-state index is 12.5. The van der Waals surface area contributed by atoms with E-state index in [9.17, 15) is 10.1 Å². The first-order chi connectivity index (χ1) is 20.5. The SMILES string of the molecule is COc1ccc(OC)c(-c2nc(COc3ccccc3C=NNc3nc(-c4ccccc4)c(C#N)c(=O)[nH]3)c(C)o2)c1. The van der Waals surface area contributed by atoms with Crippen molar-refractivity contribution in [2.75, 3.05) is 19.6 Å². The van der Waals surface area contributed by atoms with Gasteiger partial charge in [-0.1, -0.05) is 42.5 Å². The highest BCUT2D eigenvalue weighted by atomic mass is 16.5. The first-order valence-electron chi connectivity index (χ1n) is 12.8. The van der Waals surface area contributed by atoms with Gasteiger partial charge in [0, 0.05) is 11.1 Å². The molecule has 0 atom stereocenters. The number of ether oxygens (including phenoxy) is 3. The smallest absolute Gasteiger partial charge is 0.270 e. The number of nitriles is 1. The van der Waals surface area contributed by atoms with E-state index in [1.807, 2.05) is 37.3 Å². The molecule has 0 unspecified atom stereocenters. The summed E-state index contributed by atoms with van der Waals surface area (Å²) in [7, 11) is 3.17. The number of benzene rings is 3. The molecule has 2 aromatic heterocycles. The number of H-pyrrole nitrogens is 1. The molecule has 0 amide bonds. The van der Waals surface area contributed by atoms with Crippen molar-refractivity contribution in [3.63, 3.8) is 0 Å². The second-order valence-corrected chi connectivity index (χ2v) is 8.90. The number of nitrogens with one attached hydrogen (secondary N) is 2. The fourth-order valence-electron chi connectivity index (χ4n) is 4.12. The third kappa shape index (κ3) is 5.97. The van der Waals surface area contributed by atoms with Crippen molar-refractivity contribution in [1.29, 1.82) is 5.26 Å². The van der Waals surface area contributed by atoms with E-state index >= 15 is 0 Å². The van der Waals surface area contributed by atoms with Crippen LogP contribution in [0, 0.1) is 18.3 Å². The maximum Gasteiger partial charge on any atom is 0.270 e. The summed E-state index contributed by atoms with van der Waals surface area (Å²) in [4.78, 5) is 24.1. The van der Waals surface area contributed by atoms with Crippen molar-refractivity contribution < 1.29 is 18.6 Å². The number of oxazole rings is 1. The second-order valence-electron chi connectivity index (χ2n) is 8.90. The van der Waals surface area contributed by atoms with Gasteiger partial charge >= 0.3 is 0 Å². The van der Waals surface area contributed by atoms with E-state index in [1.54, 1.807) is 62.8 Å².